The summed E-state index contributed by atoms with van der Waals surface area (Å²) in [4.78, 5) is 23.9. The number of epoxide rings is 1. The van der Waals surface area contributed by atoms with Crippen LogP contribution in [0.3, 0.4) is 0 Å². The second kappa shape index (κ2) is 15.3. The van der Waals surface area contributed by atoms with E-state index in [1.165, 1.54) is 25.7 Å². The lowest BCUT2D eigenvalue weighted by Crippen LogP contribution is -2.47. The molecule has 0 spiro atoms. The fourth-order valence-corrected chi connectivity index (χ4v) is 4.24. The molecule has 0 bridgehead atoms. The summed E-state index contributed by atoms with van der Waals surface area (Å²) in [6.07, 6.45) is 6.78. The molecule has 2 aliphatic heterocycles. The number of aliphatic hydroxyl groups excluding tert-OH is 2. The van der Waals surface area contributed by atoms with Gasteiger partial charge in [-0.05, 0) is 6.42 Å². The van der Waals surface area contributed by atoms with E-state index in [1.54, 1.807) is 10.9 Å². The molecule has 0 aliphatic carbocycles. The lowest BCUT2D eigenvalue weighted by Gasteiger charge is -2.29. The van der Waals surface area contributed by atoms with E-state index in [0.717, 1.165) is 19.3 Å². The molecule has 2 aliphatic rings. The highest BCUT2D eigenvalue weighted by Gasteiger charge is 2.57. The van der Waals surface area contributed by atoms with Gasteiger partial charge in [-0.15, -0.1) is 5.10 Å². The first-order valence-electron chi connectivity index (χ1n) is 13.2. The number of aromatic nitrogens is 3. The maximum absolute atomic E-state index is 12.2. The summed E-state index contributed by atoms with van der Waals surface area (Å²) in [5.41, 5.74) is 5.95. The molecule has 37 heavy (non-hydrogen) atoms. The van der Waals surface area contributed by atoms with Crippen LogP contribution in [0.25, 0.3) is 0 Å². The highest BCUT2D eigenvalue weighted by molar-refractivity contribution is 5.86. The Morgan fingerprint density at radius 3 is 2.68 bits per heavy atom. The summed E-state index contributed by atoms with van der Waals surface area (Å²) >= 11 is 0. The third-order valence-electron chi connectivity index (χ3n) is 6.44. The van der Waals surface area contributed by atoms with Gasteiger partial charge in [0.1, 0.15) is 36.2 Å². The van der Waals surface area contributed by atoms with E-state index in [4.69, 9.17) is 24.7 Å². The van der Waals surface area contributed by atoms with Crippen molar-refractivity contribution in [3.05, 3.63) is 11.9 Å². The summed E-state index contributed by atoms with van der Waals surface area (Å²) in [5, 5.41) is 30.1. The van der Waals surface area contributed by atoms with Crippen LogP contribution in [0.2, 0.25) is 0 Å². The number of primary amides is 1. The molecular formula is C24H41N5O8. The third kappa shape index (κ3) is 9.58. The SMILES string of the molecule is CCCCCCCCCC(=O)N[C@@H](COCc1cn(CCOC2OC(CO)C3OC3C2O)nn1)C(N)=O. The topological polar surface area (TPSA) is 184 Å². The molecule has 3 rings (SSSR count). The monoisotopic (exact) mass is 527 g/mol. The number of nitrogens with zero attached hydrogens (tertiary/aromatic N) is 3. The largest absolute Gasteiger partial charge is 0.394 e. The Balaban J connectivity index is 1.29. The first kappa shape index (κ1) is 29.4. The van der Waals surface area contributed by atoms with E-state index >= 15 is 0 Å². The zero-order valence-corrected chi connectivity index (χ0v) is 21.5. The highest BCUT2D eigenvalue weighted by Crippen LogP contribution is 2.37. The van der Waals surface area contributed by atoms with Gasteiger partial charge in [-0.2, -0.15) is 0 Å². The summed E-state index contributed by atoms with van der Waals surface area (Å²) in [5.74, 6) is -0.875. The first-order valence-corrected chi connectivity index (χ1v) is 13.2. The minimum atomic E-state index is -0.916. The Morgan fingerprint density at radius 1 is 1.19 bits per heavy atom. The number of ether oxygens (including phenoxy) is 4. The molecule has 210 valence electrons. The summed E-state index contributed by atoms with van der Waals surface area (Å²) in [6, 6.07) is -0.916. The van der Waals surface area contributed by atoms with Crippen molar-refractivity contribution in [1.29, 1.82) is 0 Å². The minimum absolute atomic E-state index is 0.0682. The molecule has 6 atom stereocenters. The molecule has 2 amide bonds. The van der Waals surface area contributed by atoms with Gasteiger partial charge < -0.3 is 40.2 Å². The number of hydrogen-bond acceptors (Lipinski definition) is 10. The number of rotatable bonds is 19. The Bertz CT molecular complexity index is 840. The number of aliphatic hydroxyl groups is 2. The lowest BCUT2D eigenvalue weighted by molar-refractivity contribution is -0.235. The number of amides is 2. The van der Waals surface area contributed by atoms with Crippen LogP contribution in [0.15, 0.2) is 6.20 Å². The molecule has 0 radical (unpaired) electrons. The van der Waals surface area contributed by atoms with Crippen molar-refractivity contribution < 1.29 is 38.7 Å². The van der Waals surface area contributed by atoms with Gasteiger partial charge >= 0.3 is 0 Å². The molecule has 13 heteroatoms. The molecule has 0 aromatic carbocycles. The number of unbranched alkanes of at least 4 members (excludes halogenated alkanes) is 6. The van der Waals surface area contributed by atoms with Crippen LogP contribution in [0.4, 0.5) is 0 Å². The Kier molecular flexibility index (Phi) is 12.2. The standard InChI is InChI=1S/C24H41N5O8/c1-2-3-4-5-6-7-8-9-19(31)26-17(23(25)33)15-34-14-16-12-29(28-27-16)10-11-35-24-20(32)22-21(37-22)18(13-30)36-24/h12,17-18,20-22,24,30,32H,2-11,13-15H2,1H3,(H2,25,33)(H,26,31)/t17-,18?,20?,21?,22?,24?/m0/s1. The zero-order chi connectivity index (χ0) is 26.6. The second-order valence-corrected chi connectivity index (χ2v) is 9.53. The summed E-state index contributed by atoms with van der Waals surface area (Å²) in [6.45, 7) is 2.52. The molecule has 13 nitrogen and oxygen atoms in total. The van der Waals surface area contributed by atoms with Crippen molar-refractivity contribution >= 4 is 11.8 Å². The average Bonchev–Trinajstić information content (AvgIpc) is 3.56. The van der Waals surface area contributed by atoms with Crippen LogP contribution in [-0.4, -0.2) is 93.6 Å². The number of nitrogens with two attached hydrogens (primary N) is 1. The Labute approximate surface area is 216 Å². The maximum atomic E-state index is 12.2. The smallest absolute Gasteiger partial charge is 0.242 e. The summed E-state index contributed by atoms with van der Waals surface area (Å²) < 4.78 is 23.5. The van der Waals surface area contributed by atoms with Crippen molar-refractivity contribution in [1.82, 2.24) is 20.3 Å². The van der Waals surface area contributed by atoms with Gasteiger partial charge in [-0.3, -0.25) is 9.59 Å². The van der Waals surface area contributed by atoms with E-state index < -0.39 is 30.4 Å². The van der Waals surface area contributed by atoms with Crippen molar-refractivity contribution in [3.63, 3.8) is 0 Å². The predicted molar refractivity (Wildman–Crippen MR) is 130 cm³/mol. The fraction of sp³-hybridized carbons (Fsp3) is 0.833. The van der Waals surface area contributed by atoms with E-state index in [2.05, 4.69) is 22.6 Å². The normalized spacial score (nSPS) is 25.4. The van der Waals surface area contributed by atoms with E-state index in [-0.39, 0.29) is 44.5 Å². The van der Waals surface area contributed by atoms with Crippen molar-refractivity contribution in [2.75, 3.05) is 19.8 Å². The van der Waals surface area contributed by atoms with Crippen LogP contribution in [0, 0.1) is 0 Å². The molecule has 1 aromatic rings. The van der Waals surface area contributed by atoms with Gasteiger partial charge in [0.05, 0.1) is 39.2 Å². The van der Waals surface area contributed by atoms with Crippen molar-refractivity contribution in [2.45, 2.75) is 108 Å². The lowest BCUT2D eigenvalue weighted by atomic mass is 10.1. The molecule has 3 heterocycles. The molecule has 0 saturated carbocycles. The quantitative estimate of drug-likeness (QED) is 0.138. The maximum Gasteiger partial charge on any atom is 0.242 e. The van der Waals surface area contributed by atoms with E-state index in [1.807, 2.05) is 0 Å². The van der Waals surface area contributed by atoms with Crippen LogP contribution in [0.1, 0.15) is 64.0 Å². The predicted octanol–water partition coefficient (Wildman–Crippen LogP) is -0.232. The Morgan fingerprint density at radius 2 is 1.95 bits per heavy atom. The van der Waals surface area contributed by atoms with Crippen molar-refractivity contribution in [3.8, 4) is 0 Å². The molecule has 2 fully saturated rings. The van der Waals surface area contributed by atoms with Crippen molar-refractivity contribution in [2.24, 2.45) is 5.73 Å². The van der Waals surface area contributed by atoms with E-state index in [9.17, 15) is 19.8 Å². The van der Waals surface area contributed by atoms with Crippen LogP contribution in [-0.2, 0) is 41.7 Å². The van der Waals surface area contributed by atoms with Gasteiger partial charge in [0.25, 0.3) is 0 Å². The summed E-state index contributed by atoms with van der Waals surface area (Å²) in [7, 11) is 0. The number of nitrogens with one attached hydrogen (secondary N) is 1. The first-order chi connectivity index (χ1) is 17.9. The second-order valence-electron chi connectivity index (χ2n) is 9.53. The van der Waals surface area contributed by atoms with Gasteiger partial charge in [0.15, 0.2) is 6.29 Å². The fourth-order valence-electron chi connectivity index (χ4n) is 4.24. The third-order valence-corrected chi connectivity index (χ3v) is 6.44. The molecular weight excluding hydrogens is 486 g/mol. The number of carbonyl (C=O) groups is 2. The van der Waals surface area contributed by atoms with Crippen LogP contribution < -0.4 is 11.1 Å². The van der Waals surface area contributed by atoms with Crippen LogP contribution in [0.5, 0.6) is 0 Å². The highest BCUT2D eigenvalue weighted by atomic mass is 16.7. The van der Waals surface area contributed by atoms with Gasteiger partial charge in [0, 0.05) is 6.42 Å². The number of carbonyl (C=O) groups excluding carboxylic acids is 2. The molecule has 5 unspecified atom stereocenters. The zero-order valence-electron chi connectivity index (χ0n) is 21.5. The molecule has 2 saturated heterocycles. The van der Waals surface area contributed by atoms with Gasteiger partial charge in [0.2, 0.25) is 11.8 Å². The van der Waals surface area contributed by atoms with Gasteiger partial charge in [-0.1, -0.05) is 50.7 Å². The van der Waals surface area contributed by atoms with Gasteiger partial charge in [-0.25, -0.2) is 4.68 Å². The number of fused-ring (bicyclic) bond motifs is 1. The number of hydrogen-bond donors (Lipinski definition) is 4. The molecule has 1 aromatic heterocycles. The molecule has 5 N–H and O–H groups in total. The Hall–Kier alpha value is -2.16. The van der Waals surface area contributed by atoms with E-state index in [0.29, 0.717) is 18.7 Å². The average molecular weight is 528 g/mol. The minimum Gasteiger partial charge on any atom is -0.394 e. The van der Waals surface area contributed by atoms with Crippen LogP contribution >= 0.6 is 0 Å².